The highest BCUT2D eigenvalue weighted by molar-refractivity contribution is 5.81. The van der Waals surface area contributed by atoms with E-state index in [-0.39, 0.29) is 29.9 Å². The number of anilines is 1. The first-order valence-corrected chi connectivity index (χ1v) is 6.38. The Morgan fingerprint density at radius 1 is 1.45 bits per heavy atom. The zero-order valence-electron chi connectivity index (χ0n) is 11.8. The van der Waals surface area contributed by atoms with Crippen LogP contribution in [0.15, 0.2) is 18.2 Å². The van der Waals surface area contributed by atoms with Crippen molar-refractivity contribution < 1.29 is 14.5 Å². The zero-order chi connectivity index (χ0) is 15.1. The molecule has 0 saturated carbocycles. The third kappa shape index (κ3) is 4.75. The molecule has 0 aliphatic heterocycles. The molecule has 0 radical (unpaired) electrons. The number of hydrogen-bond acceptors (Lipinski definition) is 5. The molecule has 0 spiro atoms. The van der Waals surface area contributed by atoms with Gasteiger partial charge < -0.3 is 15.4 Å². The lowest BCUT2D eigenvalue weighted by atomic mass is 10.2. The van der Waals surface area contributed by atoms with Crippen molar-refractivity contribution in [1.29, 1.82) is 0 Å². The van der Waals surface area contributed by atoms with Gasteiger partial charge in [0.1, 0.15) is 0 Å². The highest BCUT2D eigenvalue weighted by Crippen LogP contribution is 2.29. The summed E-state index contributed by atoms with van der Waals surface area (Å²) in [4.78, 5) is 21.8. The van der Waals surface area contributed by atoms with Gasteiger partial charge >= 0.3 is 5.69 Å². The summed E-state index contributed by atoms with van der Waals surface area (Å²) in [6.45, 7) is 5.92. The third-order valence-corrected chi connectivity index (χ3v) is 2.36. The molecule has 7 nitrogen and oxygen atoms in total. The van der Waals surface area contributed by atoms with Gasteiger partial charge in [-0.05, 0) is 26.8 Å². The molecule has 110 valence electrons. The largest absolute Gasteiger partial charge is 0.487 e. The molecule has 0 saturated heterocycles. The lowest BCUT2D eigenvalue weighted by Crippen LogP contribution is -2.34. The van der Waals surface area contributed by atoms with Crippen LogP contribution in [0.3, 0.4) is 0 Å². The van der Waals surface area contributed by atoms with Crippen LogP contribution in [0.5, 0.6) is 5.75 Å². The Bertz CT molecular complexity index is 489. The Hall–Kier alpha value is -2.31. The molecular formula is C13H19N3O4. The van der Waals surface area contributed by atoms with Crippen molar-refractivity contribution in [3.63, 3.8) is 0 Å². The molecule has 0 bridgehead atoms. The number of amides is 1. The van der Waals surface area contributed by atoms with Gasteiger partial charge in [0.15, 0.2) is 5.75 Å². The van der Waals surface area contributed by atoms with Gasteiger partial charge in [-0.1, -0.05) is 0 Å². The first-order chi connectivity index (χ1) is 9.43. The van der Waals surface area contributed by atoms with Crippen LogP contribution < -0.4 is 15.4 Å². The number of carbonyl (C=O) groups is 1. The van der Waals surface area contributed by atoms with Crippen molar-refractivity contribution in [1.82, 2.24) is 5.32 Å². The lowest BCUT2D eigenvalue weighted by Gasteiger charge is -2.11. The molecule has 1 rings (SSSR count). The van der Waals surface area contributed by atoms with Crippen LogP contribution in [-0.2, 0) is 4.79 Å². The van der Waals surface area contributed by atoms with Crippen molar-refractivity contribution in [2.75, 3.05) is 18.5 Å². The summed E-state index contributed by atoms with van der Waals surface area (Å²) < 4.78 is 5.23. The molecule has 1 aromatic carbocycles. The summed E-state index contributed by atoms with van der Waals surface area (Å²) in [5.74, 6) is 0.0445. The first kappa shape index (κ1) is 15.7. The fourth-order valence-corrected chi connectivity index (χ4v) is 1.60. The lowest BCUT2D eigenvalue weighted by molar-refractivity contribution is -0.385. The molecule has 0 fully saturated rings. The van der Waals surface area contributed by atoms with Gasteiger partial charge in [0.2, 0.25) is 5.91 Å². The summed E-state index contributed by atoms with van der Waals surface area (Å²) in [6.07, 6.45) is 0. The molecular weight excluding hydrogens is 262 g/mol. The van der Waals surface area contributed by atoms with Crippen LogP contribution in [-0.4, -0.2) is 30.0 Å². The van der Waals surface area contributed by atoms with E-state index in [0.717, 1.165) is 0 Å². The number of rotatable bonds is 7. The van der Waals surface area contributed by atoms with E-state index in [9.17, 15) is 14.9 Å². The maximum atomic E-state index is 11.5. The predicted molar refractivity (Wildman–Crippen MR) is 76.0 cm³/mol. The second-order valence-corrected chi connectivity index (χ2v) is 4.45. The SMILES string of the molecule is CCOc1cc(NCC(=O)NC(C)C)ccc1[N+](=O)[O-]. The Kier molecular flexibility index (Phi) is 5.76. The predicted octanol–water partition coefficient (Wildman–Crippen LogP) is 1.93. The molecule has 0 heterocycles. The van der Waals surface area contributed by atoms with Gasteiger partial charge in [-0.25, -0.2) is 0 Å². The van der Waals surface area contributed by atoms with E-state index in [4.69, 9.17) is 4.74 Å². The number of nitro benzene ring substituents is 1. The van der Waals surface area contributed by atoms with Crippen LogP contribution in [0.1, 0.15) is 20.8 Å². The van der Waals surface area contributed by atoms with Crippen LogP contribution in [0.25, 0.3) is 0 Å². The van der Waals surface area contributed by atoms with Gasteiger partial charge in [0.25, 0.3) is 0 Å². The minimum Gasteiger partial charge on any atom is -0.487 e. The molecule has 0 aliphatic rings. The highest BCUT2D eigenvalue weighted by atomic mass is 16.6. The summed E-state index contributed by atoms with van der Waals surface area (Å²) >= 11 is 0. The second kappa shape index (κ2) is 7.32. The quantitative estimate of drug-likeness (QED) is 0.588. The Morgan fingerprint density at radius 2 is 2.15 bits per heavy atom. The molecule has 0 aromatic heterocycles. The number of hydrogen-bond donors (Lipinski definition) is 2. The maximum Gasteiger partial charge on any atom is 0.311 e. The minimum absolute atomic E-state index is 0.0696. The molecule has 2 N–H and O–H groups in total. The topological polar surface area (TPSA) is 93.5 Å². The smallest absolute Gasteiger partial charge is 0.311 e. The number of nitrogens with one attached hydrogen (secondary N) is 2. The number of ether oxygens (including phenoxy) is 1. The van der Waals surface area contributed by atoms with Gasteiger partial charge in [0, 0.05) is 23.9 Å². The summed E-state index contributed by atoms with van der Waals surface area (Å²) in [6, 6.07) is 4.49. The first-order valence-electron chi connectivity index (χ1n) is 6.38. The van der Waals surface area contributed by atoms with E-state index in [1.54, 1.807) is 13.0 Å². The van der Waals surface area contributed by atoms with E-state index >= 15 is 0 Å². The third-order valence-electron chi connectivity index (χ3n) is 2.36. The zero-order valence-corrected chi connectivity index (χ0v) is 11.8. The molecule has 1 aromatic rings. The molecule has 20 heavy (non-hydrogen) atoms. The summed E-state index contributed by atoms with van der Waals surface area (Å²) in [5.41, 5.74) is 0.502. The van der Waals surface area contributed by atoms with Crippen LogP contribution in [0, 0.1) is 10.1 Å². The average molecular weight is 281 g/mol. The number of nitro groups is 1. The number of carbonyl (C=O) groups excluding carboxylic acids is 1. The highest BCUT2D eigenvalue weighted by Gasteiger charge is 2.15. The summed E-state index contributed by atoms with van der Waals surface area (Å²) in [5, 5.41) is 16.5. The fourth-order valence-electron chi connectivity index (χ4n) is 1.60. The number of nitrogens with zero attached hydrogens (tertiary/aromatic N) is 1. The standard InChI is InChI=1S/C13H19N3O4/c1-4-20-12-7-10(5-6-11(12)16(18)19)14-8-13(17)15-9(2)3/h5-7,9,14H,4,8H2,1-3H3,(H,15,17). The Morgan fingerprint density at radius 3 is 2.70 bits per heavy atom. The Balaban J connectivity index is 2.74. The Labute approximate surface area is 117 Å². The average Bonchev–Trinajstić information content (AvgIpc) is 2.36. The monoisotopic (exact) mass is 281 g/mol. The van der Waals surface area contributed by atoms with Gasteiger partial charge in [-0.3, -0.25) is 14.9 Å². The van der Waals surface area contributed by atoms with Gasteiger partial charge in [-0.15, -0.1) is 0 Å². The van der Waals surface area contributed by atoms with Gasteiger partial charge in [-0.2, -0.15) is 0 Å². The van der Waals surface area contributed by atoms with E-state index < -0.39 is 4.92 Å². The summed E-state index contributed by atoms with van der Waals surface area (Å²) in [7, 11) is 0. The van der Waals surface area contributed by atoms with E-state index in [1.165, 1.54) is 12.1 Å². The molecule has 0 unspecified atom stereocenters. The minimum atomic E-state index is -0.500. The van der Waals surface area contributed by atoms with Crippen LogP contribution in [0.4, 0.5) is 11.4 Å². The normalized spacial score (nSPS) is 10.2. The van der Waals surface area contributed by atoms with E-state index in [0.29, 0.717) is 12.3 Å². The van der Waals surface area contributed by atoms with Crippen molar-refractivity contribution in [2.24, 2.45) is 0 Å². The van der Waals surface area contributed by atoms with Gasteiger partial charge in [0.05, 0.1) is 18.1 Å². The van der Waals surface area contributed by atoms with Crippen molar-refractivity contribution in [3.8, 4) is 5.75 Å². The molecule has 0 atom stereocenters. The van der Waals surface area contributed by atoms with Crippen molar-refractivity contribution >= 4 is 17.3 Å². The maximum absolute atomic E-state index is 11.5. The fraction of sp³-hybridized carbons (Fsp3) is 0.462. The molecule has 1 amide bonds. The molecule has 0 aliphatic carbocycles. The second-order valence-electron chi connectivity index (χ2n) is 4.45. The number of benzene rings is 1. The van der Waals surface area contributed by atoms with E-state index in [1.807, 2.05) is 13.8 Å². The van der Waals surface area contributed by atoms with Crippen molar-refractivity contribution in [3.05, 3.63) is 28.3 Å². The molecule has 7 heteroatoms. The van der Waals surface area contributed by atoms with Crippen molar-refractivity contribution in [2.45, 2.75) is 26.8 Å². The van der Waals surface area contributed by atoms with E-state index in [2.05, 4.69) is 10.6 Å². The van der Waals surface area contributed by atoms with Crippen LogP contribution in [0.2, 0.25) is 0 Å². The van der Waals surface area contributed by atoms with Crippen LogP contribution >= 0.6 is 0 Å².